The lowest BCUT2D eigenvalue weighted by Gasteiger charge is -2.26. The molecule has 0 spiro atoms. The van der Waals surface area contributed by atoms with Gasteiger partial charge >= 0.3 is 0 Å². The molecular formula is C16H22Cl2N2O. The van der Waals surface area contributed by atoms with Crippen molar-refractivity contribution in [2.45, 2.75) is 38.6 Å². The number of halogens is 2. The van der Waals surface area contributed by atoms with Crippen LogP contribution in [0.3, 0.4) is 0 Å². The van der Waals surface area contributed by atoms with E-state index in [2.05, 4.69) is 12.2 Å². The standard InChI is InChI=1S/C16H22Cl2N2O/c1-2-3-7-20(11-15-5-4-6-19-15)16(21)12-8-13(17)10-14(18)9-12/h8-10,15,19H,2-7,11H2,1H3. The summed E-state index contributed by atoms with van der Waals surface area (Å²) in [7, 11) is 0. The quantitative estimate of drug-likeness (QED) is 0.856. The molecule has 1 unspecified atom stereocenters. The van der Waals surface area contributed by atoms with E-state index in [1.54, 1.807) is 18.2 Å². The number of amides is 1. The molecule has 0 bridgehead atoms. The van der Waals surface area contributed by atoms with Gasteiger partial charge < -0.3 is 10.2 Å². The van der Waals surface area contributed by atoms with Crippen molar-refractivity contribution >= 4 is 29.1 Å². The molecule has 1 fully saturated rings. The fourth-order valence-corrected chi connectivity index (χ4v) is 3.19. The molecule has 1 aliphatic rings. The van der Waals surface area contributed by atoms with E-state index in [1.165, 1.54) is 6.42 Å². The molecule has 1 heterocycles. The number of nitrogens with zero attached hydrogens (tertiary/aromatic N) is 1. The van der Waals surface area contributed by atoms with Crippen LogP contribution in [0.2, 0.25) is 10.0 Å². The maximum absolute atomic E-state index is 12.7. The molecule has 1 saturated heterocycles. The second-order valence-electron chi connectivity index (χ2n) is 5.56. The number of rotatable bonds is 6. The number of unbranched alkanes of at least 4 members (excludes halogenated alkanes) is 1. The minimum absolute atomic E-state index is 0.0153. The SMILES string of the molecule is CCCCN(CC1CCCN1)C(=O)c1cc(Cl)cc(Cl)c1. The van der Waals surface area contributed by atoms with Crippen LogP contribution in [0, 0.1) is 0 Å². The van der Waals surface area contributed by atoms with E-state index in [-0.39, 0.29) is 5.91 Å². The highest BCUT2D eigenvalue weighted by Crippen LogP contribution is 2.21. The smallest absolute Gasteiger partial charge is 0.254 e. The Labute approximate surface area is 136 Å². The van der Waals surface area contributed by atoms with Gasteiger partial charge in [-0.25, -0.2) is 0 Å². The van der Waals surface area contributed by atoms with Crippen LogP contribution in [0.5, 0.6) is 0 Å². The number of carbonyl (C=O) groups is 1. The first-order valence-corrected chi connectivity index (χ1v) is 8.34. The van der Waals surface area contributed by atoms with Crippen molar-refractivity contribution in [3.8, 4) is 0 Å². The summed E-state index contributed by atoms with van der Waals surface area (Å²) in [5, 5.41) is 4.45. The minimum Gasteiger partial charge on any atom is -0.337 e. The van der Waals surface area contributed by atoms with E-state index < -0.39 is 0 Å². The van der Waals surface area contributed by atoms with Crippen molar-refractivity contribution in [2.75, 3.05) is 19.6 Å². The Kier molecular flexibility index (Phi) is 6.34. The molecule has 1 aliphatic heterocycles. The summed E-state index contributed by atoms with van der Waals surface area (Å²) in [5.74, 6) is 0.0153. The molecule has 2 rings (SSSR count). The Morgan fingerprint density at radius 3 is 2.62 bits per heavy atom. The largest absolute Gasteiger partial charge is 0.337 e. The molecule has 1 N–H and O–H groups in total. The fraction of sp³-hybridized carbons (Fsp3) is 0.562. The molecule has 0 saturated carbocycles. The van der Waals surface area contributed by atoms with Gasteiger partial charge in [-0.05, 0) is 44.0 Å². The predicted octanol–water partition coefficient (Wildman–Crippen LogP) is 3.99. The van der Waals surface area contributed by atoms with Gasteiger partial charge in [0.15, 0.2) is 0 Å². The van der Waals surface area contributed by atoms with Crippen LogP contribution in [-0.2, 0) is 0 Å². The monoisotopic (exact) mass is 328 g/mol. The van der Waals surface area contributed by atoms with Crippen molar-refractivity contribution in [3.05, 3.63) is 33.8 Å². The Bertz CT molecular complexity index is 467. The van der Waals surface area contributed by atoms with Crippen LogP contribution < -0.4 is 5.32 Å². The molecule has 3 nitrogen and oxygen atoms in total. The second kappa shape index (κ2) is 8.02. The Morgan fingerprint density at radius 1 is 1.33 bits per heavy atom. The zero-order valence-electron chi connectivity index (χ0n) is 12.4. The maximum Gasteiger partial charge on any atom is 0.254 e. The summed E-state index contributed by atoms with van der Waals surface area (Å²) in [6.45, 7) is 4.71. The van der Waals surface area contributed by atoms with Gasteiger partial charge in [0.05, 0.1) is 0 Å². The van der Waals surface area contributed by atoms with Crippen LogP contribution in [0.4, 0.5) is 0 Å². The third-order valence-corrected chi connectivity index (χ3v) is 4.22. The van der Waals surface area contributed by atoms with E-state index in [1.807, 2.05) is 4.90 Å². The van der Waals surface area contributed by atoms with E-state index >= 15 is 0 Å². The molecule has 1 aromatic carbocycles. The molecule has 0 aliphatic carbocycles. The van der Waals surface area contributed by atoms with Gasteiger partial charge in [0.1, 0.15) is 0 Å². The summed E-state index contributed by atoms with van der Waals surface area (Å²) in [5.41, 5.74) is 0.571. The molecule has 0 radical (unpaired) electrons. The normalized spacial score (nSPS) is 18.0. The Balaban J connectivity index is 2.11. The molecule has 116 valence electrons. The van der Waals surface area contributed by atoms with Gasteiger partial charge in [0.2, 0.25) is 0 Å². The van der Waals surface area contributed by atoms with Crippen LogP contribution in [0.15, 0.2) is 18.2 Å². The second-order valence-corrected chi connectivity index (χ2v) is 6.43. The zero-order valence-corrected chi connectivity index (χ0v) is 13.9. The molecule has 21 heavy (non-hydrogen) atoms. The number of nitrogens with one attached hydrogen (secondary N) is 1. The number of hydrogen-bond acceptors (Lipinski definition) is 2. The third kappa shape index (κ3) is 4.87. The molecule has 1 amide bonds. The van der Waals surface area contributed by atoms with Crippen LogP contribution >= 0.6 is 23.2 Å². The van der Waals surface area contributed by atoms with Gasteiger partial charge in [-0.15, -0.1) is 0 Å². The Morgan fingerprint density at radius 2 is 2.05 bits per heavy atom. The van der Waals surface area contributed by atoms with E-state index in [0.717, 1.165) is 38.9 Å². The molecule has 1 atom stereocenters. The number of carbonyl (C=O) groups excluding carboxylic acids is 1. The van der Waals surface area contributed by atoms with Crippen LogP contribution in [0.1, 0.15) is 43.0 Å². The van der Waals surface area contributed by atoms with Crippen LogP contribution in [-0.4, -0.2) is 36.5 Å². The van der Waals surface area contributed by atoms with Gasteiger partial charge in [-0.3, -0.25) is 4.79 Å². The predicted molar refractivity (Wildman–Crippen MR) is 88.3 cm³/mol. The van der Waals surface area contributed by atoms with Crippen molar-refractivity contribution in [1.82, 2.24) is 10.2 Å². The summed E-state index contributed by atoms with van der Waals surface area (Å²) >= 11 is 12.0. The van der Waals surface area contributed by atoms with Gasteiger partial charge in [-0.1, -0.05) is 36.5 Å². The first-order valence-electron chi connectivity index (χ1n) is 7.59. The van der Waals surface area contributed by atoms with Crippen molar-refractivity contribution in [1.29, 1.82) is 0 Å². The van der Waals surface area contributed by atoms with Gasteiger partial charge in [0.25, 0.3) is 5.91 Å². The number of benzene rings is 1. The van der Waals surface area contributed by atoms with E-state index in [0.29, 0.717) is 21.7 Å². The van der Waals surface area contributed by atoms with Crippen molar-refractivity contribution in [2.24, 2.45) is 0 Å². The minimum atomic E-state index is 0.0153. The maximum atomic E-state index is 12.7. The van der Waals surface area contributed by atoms with Crippen LogP contribution in [0.25, 0.3) is 0 Å². The molecule has 0 aromatic heterocycles. The lowest BCUT2D eigenvalue weighted by atomic mass is 10.1. The highest BCUT2D eigenvalue weighted by Gasteiger charge is 2.22. The summed E-state index contributed by atoms with van der Waals surface area (Å²) in [6.07, 6.45) is 4.39. The van der Waals surface area contributed by atoms with Gasteiger partial charge in [0, 0.05) is 34.7 Å². The molecule has 5 heteroatoms. The highest BCUT2D eigenvalue weighted by molar-refractivity contribution is 6.35. The summed E-state index contributed by atoms with van der Waals surface area (Å²) < 4.78 is 0. The first-order chi connectivity index (χ1) is 10.1. The van der Waals surface area contributed by atoms with E-state index in [9.17, 15) is 4.79 Å². The topological polar surface area (TPSA) is 32.3 Å². The summed E-state index contributed by atoms with van der Waals surface area (Å²) in [6, 6.07) is 5.43. The van der Waals surface area contributed by atoms with Gasteiger partial charge in [-0.2, -0.15) is 0 Å². The summed E-state index contributed by atoms with van der Waals surface area (Å²) in [4.78, 5) is 14.6. The average molecular weight is 329 g/mol. The highest BCUT2D eigenvalue weighted by atomic mass is 35.5. The Hall–Kier alpha value is -0.770. The van der Waals surface area contributed by atoms with Crippen molar-refractivity contribution in [3.63, 3.8) is 0 Å². The molecular weight excluding hydrogens is 307 g/mol. The zero-order chi connectivity index (χ0) is 15.2. The lowest BCUT2D eigenvalue weighted by Crippen LogP contribution is -2.41. The lowest BCUT2D eigenvalue weighted by molar-refractivity contribution is 0.0739. The number of hydrogen-bond donors (Lipinski definition) is 1. The van der Waals surface area contributed by atoms with E-state index in [4.69, 9.17) is 23.2 Å². The molecule has 1 aromatic rings. The van der Waals surface area contributed by atoms with Crippen molar-refractivity contribution < 1.29 is 4.79 Å². The first kappa shape index (κ1) is 16.6. The third-order valence-electron chi connectivity index (χ3n) is 3.78. The average Bonchev–Trinajstić information content (AvgIpc) is 2.94. The fourth-order valence-electron chi connectivity index (χ4n) is 2.66.